The molecule has 0 bridgehead atoms. The van der Waals surface area contributed by atoms with Crippen molar-refractivity contribution in [3.8, 4) is 0 Å². The fraction of sp³-hybridized carbons (Fsp3) is 1.00. The molecule has 0 atom stereocenters. The van der Waals surface area contributed by atoms with Crippen molar-refractivity contribution in [3.05, 3.63) is 0 Å². The van der Waals surface area contributed by atoms with Crippen molar-refractivity contribution in [1.29, 1.82) is 0 Å². The van der Waals surface area contributed by atoms with Gasteiger partial charge in [-0.25, -0.2) is 0 Å². The highest BCUT2D eigenvalue weighted by molar-refractivity contribution is 7.85. The van der Waals surface area contributed by atoms with E-state index in [0.717, 1.165) is 6.26 Å². The molecule has 36 heavy (non-hydrogen) atoms. The smallest absolute Gasteiger partial charge is 0.264 e. The Labute approximate surface area is 215 Å². The third-order valence-corrected chi connectivity index (χ3v) is 4.53. The van der Waals surface area contributed by atoms with Crippen molar-refractivity contribution in [1.82, 2.24) is 0 Å². The van der Waals surface area contributed by atoms with E-state index in [1.165, 1.54) is 0 Å². The number of methoxy groups -OCH3 is 1. The van der Waals surface area contributed by atoms with Crippen LogP contribution in [0.5, 0.6) is 0 Å². The molecule has 0 heterocycles. The van der Waals surface area contributed by atoms with Gasteiger partial charge in [0.05, 0.1) is 138 Å². The Morgan fingerprint density at radius 3 is 0.750 bits per heavy atom. The molecule has 0 aromatic rings. The van der Waals surface area contributed by atoms with E-state index < -0.39 is 10.1 Å². The second-order valence-electron chi connectivity index (χ2n) is 7.03. The average Bonchev–Trinajstić information content (AvgIpc) is 2.84. The summed E-state index contributed by atoms with van der Waals surface area (Å²) in [6.45, 7) is 9.10. The minimum absolute atomic E-state index is 0.00115. The standard InChI is InChI=1S/C22H46O13S/c1-25-3-4-26-5-6-27-7-8-28-9-10-29-11-12-30-13-14-31-15-16-32-17-18-33-19-20-34-21-22-35-36(2,23)24/h3-22H2,1-2H3. The first-order chi connectivity index (χ1) is 17.6. The van der Waals surface area contributed by atoms with Gasteiger partial charge >= 0.3 is 0 Å². The summed E-state index contributed by atoms with van der Waals surface area (Å²) in [5.74, 6) is 0. The van der Waals surface area contributed by atoms with E-state index in [1.54, 1.807) is 7.11 Å². The molecule has 0 radical (unpaired) electrons. The molecule has 0 aliphatic heterocycles. The highest BCUT2D eigenvalue weighted by Crippen LogP contribution is 1.88. The van der Waals surface area contributed by atoms with Gasteiger partial charge in [-0.3, -0.25) is 4.18 Å². The summed E-state index contributed by atoms with van der Waals surface area (Å²) >= 11 is 0. The summed E-state index contributed by atoms with van der Waals surface area (Å²) in [6.07, 6.45) is 0.996. The molecule has 0 unspecified atom stereocenters. The van der Waals surface area contributed by atoms with Gasteiger partial charge in [0, 0.05) is 7.11 Å². The Morgan fingerprint density at radius 1 is 0.361 bits per heavy atom. The lowest BCUT2D eigenvalue weighted by Gasteiger charge is -2.09. The molecule has 0 rings (SSSR count). The monoisotopic (exact) mass is 550 g/mol. The molecule has 0 N–H and O–H groups in total. The number of rotatable bonds is 31. The Kier molecular flexibility index (Phi) is 28.7. The maximum absolute atomic E-state index is 10.7. The third-order valence-electron chi connectivity index (χ3n) is 3.93. The summed E-state index contributed by atoms with van der Waals surface area (Å²) in [5, 5.41) is 0. The minimum Gasteiger partial charge on any atom is -0.382 e. The van der Waals surface area contributed by atoms with Crippen LogP contribution in [-0.2, 0) is 61.7 Å². The van der Waals surface area contributed by atoms with Crippen LogP contribution in [0.3, 0.4) is 0 Å². The topological polar surface area (TPSA) is 136 Å². The molecule has 0 saturated carbocycles. The zero-order valence-electron chi connectivity index (χ0n) is 21.9. The summed E-state index contributed by atoms with van der Waals surface area (Å²) < 4.78 is 79.1. The quantitative estimate of drug-likeness (QED) is 0.0830. The molecule has 0 aliphatic carbocycles. The van der Waals surface area contributed by atoms with Crippen molar-refractivity contribution in [3.63, 3.8) is 0 Å². The van der Waals surface area contributed by atoms with Gasteiger partial charge in [-0.15, -0.1) is 0 Å². The zero-order chi connectivity index (χ0) is 26.4. The molecule has 0 aliphatic rings. The second kappa shape index (κ2) is 29.1. The molecule has 0 aromatic carbocycles. The van der Waals surface area contributed by atoms with E-state index in [0.29, 0.717) is 119 Å². The first-order valence-corrected chi connectivity index (χ1v) is 13.9. The highest BCUT2D eigenvalue weighted by Gasteiger charge is 2.00. The van der Waals surface area contributed by atoms with Crippen LogP contribution in [0.2, 0.25) is 0 Å². The van der Waals surface area contributed by atoms with Gasteiger partial charge in [0.25, 0.3) is 10.1 Å². The van der Waals surface area contributed by atoms with Gasteiger partial charge in [-0.1, -0.05) is 0 Å². The minimum atomic E-state index is -3.42. The fourth-order valence-corrected chi connectivity index (χ4v) is 2.62. The van der Waals surface area contributed by atoms with Crippen LogP contribution in [0.15, 0.2) is 0 Å². The third kappa shape index (κ3) is 33.5. The van der Waals surface area contributed by atoms with Crippen molar-refractivity contribution < 1.29 is 60.0 Å². The predicted octanol–water partition coefficient (Wildman–Crippen LogP) is -0.242. The molecular weight excluding hydrogens is 504 g/mol. The first-order valence-electron chi connectivity index (χ1n) is 12.1. The summed E-state index contributed by atoms with van der Waals surface area (Å²) in [6, 6.07) is 0. The van der Waals surface area contributed by atoms with Crippen LogP contribution < -0.4 is 0 Å². The van der Waals surface area contributed by atoms with Crippen molar-refractivity contribution in [2.45, 2.75) is 0 Å². The van der Waals surface area contributed by atoms with E-state index in [-0.39, 0.29) is 13.2 Å². The molecular formula is C22H46O13S. The Morgan fingerprint density at radius 2 is 0.556 bits per heavy atom. The van der Waals surface area contributed by atoms with Gasteiger partial charge in [-0.2, -0.15) is 8.42 Å². The van der Waals surface area contributed by atoms with Crippen molar-refractivity contribution >= 4 is 10.1 Å². The number of hydrogen-bond donors (Lipinski definition) is 0. The van der Waals surface area contributed by atoms with Crippen molar-refractivity contribution in [2.75, 3.05) is 146 Å². The van der Waals surface area contributed by atoms with Gasteiger partial charge in [0.1, 0.15) is 0 Å². The molecule has 0 saturated heterocycles. The second-order valence-corrected chi connectivity index (χ2v) is 8.67. The lowest BCUT2D eigenvalue weighted by Crippen LogP contribution is -2.15. The lowest BCUT2D eigenvalue weighted by atomic mass is 10.6. The summed E-state index contributed by atoms with van der Waals surface area (Å²) in [4.78, 5) is 0. The molecule has 218 valence electrons. The lowest BCUT2D eigenvalue weighted by molar-refractivity contribution is -0.0261. The molecule has 0 fully saturated rings. The molecule has 14 heteroatoms. The molecule has 0 aromatic heterocycles. The molecule has 13 nitrogen and oxygen atoms in total. The van der Waals surface area contributed by atoms with Gasteiger partial charge < -0.3 is 47.4 Å². The van der Waals surface area contributed by atoms with Gasteiger partial charge in [-0.05, 0) is 0 Å². The predicted molar refractivity (Wildman–Crippen MR) is 130 cm³/mol. The van der Waals surface area contributed by atoms with Crippen LogP contribution in [0.1, 0.15) is 0 Å². The van der Waals surface area contributed by atoms with E-state index >= 15 is 0 Å². The zero-order valence-corrected chi connectivity index (χ0v) is 22.7. The average molecular weight is 551 g/mol. The normalized spacial score (nSPS) is 11.9. The number of ether oxygens (including phenoxy) is 10. The summed E-state index contributed by atoms with van der Waals surface area (Å²) in [7, 11) is -1.78. The van der Waals surface area contributed by atoms with E-state index in [1.807, 2.05) is 0 Å². The maximum Gasteiger partial charge on any atom is 0.264 e. The highest BCUT2D eigenvalue weighted by atomic mass is 32.2. The molecule has 0 amide bonds. The Bertz CT molecular complexity index is 522. The maximum atomic E-state index is 10.7. The van der Waals surface area contributed by atoms with Crippen LogP contribution in [0, 0.1) is 0 Å². The molecule has 0 spiro atoms. The fourth-order valence-electron chi connectivity index (χ4n) is 2.25. The van der Waals surface area contributed by atoms with Crippen LogP contribution in [0.4, 0.5) is 0 Å². The van der Waals surface area contributed by atoms with Crippen LogP contribution in [0.25, 0.3) is 0 Å². The van der Waals surface area contributed by atoms with Crippen molar-refractivity contribution in [2.24, 2.45) is 0 Å². The van der Waals surface area contributed by atoms with E-state index in [4.69, 9.17) is 47.4 Å². The number of hydrogen-bond acceptors (Lipinski definition) is 13. The SMILES string of the molecule is COCCOCCOCCOCCOCCOCCOCCOCCOCCOCCOS(C)(=O)=O. The van der Waals surface area contributed by atoms with Crippen LogP contribution >= 0.6 is 0 Å². The largest absolute Gasteiger partial charge is 0.382 e. The summed E-state index contributed by atoms with van der Waals surface area (Å²) in [5.41, 5.74) is 0. The van der Waals surface area contributed by atoms with Crippen LogP contribution in [-0.4, -0.2) is 154 Å². The van der Waals surface area contributed by atoms with E-state index in [2.05, 4.69) is 4.18 Å². The first kappa shape index (κ1) is 35.5. The van der Waals surface area contributed by atoms with Gasteiger partial charge in [0.15, 0.2) is 0 Å². The van der Waals surface area contributed by atoms with E-state index in [9.17, 15) is 8.42 Å². The Balaban J connectivity index is 3.04. The Hall–Kier alpha value is -0.490. The van der Waals surface area contributed by atoms with Gasteiger partial charge in [0.2, 0.25) is 0 Å².